The molecule has 0 fully saturated rings. The van der Waals surface area contributed by atoms with Crippen molar-refractivity contribution in [3.63, 3.8) is 0 Å². The first-order valence-electron chi connectivity index (χ1n) is 14.8. The van der Waals surface area contributed by atoms with Gasteiger partial charge in [0.15, 0.2) is 0 Å². The number of rotatable bonds is 5. The third kappa shape index (κ3) is 3.84. The summed E-state index contributed by atoms with van der Waals surface area (Å²) in [5.41, 5.74) is 5.99. The summed E-state index contributed by atoms with van der Waals surface area (Å²) in [6.45, 7) is 15.2. The van der Waals surface area contributed by atoms with Crippen molar-refractivity contribution in [2.75, 3.05) is 22.9 Å². The van der Waals surface area contributed by atoms with Crippen molar-refractivity contribution in [1.29, 1.82) is 0 Å². The largest absolute Gasteiger partial charge is 0.364 e. The van der Waals surface area contributed by atoms with Crippen LogP contribution in [0.5, 0.6) is 0 Å². The molecular formula is C37H40N2. The Balaban J connectivity index is 1.34. The molecule has 39 heavy (non-hydrogen) atoms. The molecule has 0 N–H and O–H groups in total. The summed E-state index contributed by atoms with van der Waals surface area (Å²) >= 11 is 0. The van der Waals surface area contributed by atoms with Gasteiger partial charge in [0, 0.05) is 41.0 Å². The molecule has 0 radical (unpaired) electrons. The maximum Gasteiger partial charge on any atom is 0.0584 e. The molecule has 0 aromatic heterocycles. The highest BCUT2D eigenvalue weighted by Crippen LogP contribution is 2.51. The highest BCUT2D eigenvalue weighted by molar-refractivity contribution is 5.95. The molecule has 0 bridgehead atoms. The van der Waals surface area contributed by atoms with Crippen LogP contribution in [0.3, 0.4) is 0 Å². The lowest BCUT2D eigenvalue weighted by atomic mass is 9.78. The van der Waals surface area contributed by atoms with Crippen LogP contribution in [0.15, 0.2) is 109 Å². The monoisotopic (exact) mass is 513 g/mol. The number of allylic oxidation sites excluding steroid dienone is 5. The highest BCUT2D eigenvalue weighted by Gasteiger charge is 2.43. The van der Waals surface area contributed by atoms with E-state index in [0.717, 1.165) is 13.1 Å². The summed E-state index contributed by atoms with van der Waals surface area (Å²) in [6, 6.07) is 25.3. The number of fused-ring (bicyclic) bond motifs is 6. The highest BCUT2D eigenvalue weighted by atomic mass is 15.2. The van der Waals surface area contributed by atoms with Gasteiger partial charge in [0.2, 0.25) is 0 Å². The van der Waals surface area contributed by atoms with Gasteiger partial charge in [-0.2, -0.15) is 0 Å². The van der Waals surface area contributed by atoms with Crippen LogP contribution in [0.2, 0.25) is 0 Å². The maximum atomic E-state index is 9.78. The van der Waals surface area contributed by atoms with Crippen molar-refractivity contribution in [3.05, 3.63) is 120 Å². The predicted octanol–water partition coefficient (Wildman–Crippen LogP) is 9.29. The molecule has 6 rings (SSSR count). The van der Waals surface area contributed by atoms with Crippen molar-refractivity contribution in [3.8, 4) is 0 Å². The topological polar surface area (TPSA) is 6.48 Å². The van der Waals surface area contributed by atoms with E-state index in [1.165, 1.54) is 49.7 Å². The molecule has 0 aliphatic carbocycles. The fourth-order valence-corrected chi connectivity index (χ4v) is 7.11. The zero-order valence-electron chi connectivity index (χ0n) is 25.1. The molecule has 4 aromatic rings. The number of hydrogen-bond acceptors (Lipinski definition) is 2. The van der Waals surface area contributed by atoms with E-state index in [1.54, 1.807) is 0 Å². The van der Waals surface area contributed by atoms with Crippen LogP contribution in [-0.2, 0) is 10.8 Å². The Labute approximate surface area is 235 Å². The van der Waals surface area contributed by atoms with E-state index in [0.29, 0.717) is 0 Å². The van der Waals surface area contributed by atoms with Gasteiger partial charge >= 0.3 is 0 Å². The smallest absolute Gasteiger partial charge is 0.0584 e. The van der Waals surface area contributed by atoms with Gasteiger partial charge in [-0.3, -0.25) is 0 Å². The second-order valence-electron chi connectivity index (χ2n) is 11.8. The first-order chi connectivity index (χ1) is 19.2. The number of anilines is 2. The Morgan fingerprint density at radius 1 is 0.718 bits per heavy atom. The van der Waals surface area contributed by atoms with Crippen molar-refractivity contribution < 1.29 is 1.37 Å². The van der Waals surface area contributed by atoms with E-state index in [2.05, 4.69) is 155 Å². The molecule has 2 aliphatic heterocycles. The van der Waals surface area contributed by atoms with Gasteiger partial charge < -0.3 is 9.80 Å². The van der Waals surface area contributed by atoms with Gasteiger partial charge in [0.1, 0.15) is 0 Å². The lowest BCUT2D eigenvalue weighted by Crippen LogP contribution is -2.39. The molecule has 2 aliphatic rings. The summed E-state index contributed by atoms with van der Waals surface area (Å²) in [7, 11) is 0. The Kier molecular flexibility index (Phi) is 5.88. The summed E-state index contributed by atoms with van der Waals surface area (Å²) in [5.74, 6) is 0. The Bertz CT molecular complexity index is 1710. The summed E-state index contributed by atoms with van der Waals surface area (Å²) in [4.78, 5) is 4.70. The number of nitrogens with zero attached hydrogens (tertiary/aromatic N) is 2. The fraction of sp³-hybridized carbons (Fsp3) is 0.297. The molecule has 0 amide bonds. The van der Waals surface area contributed by atoms with E-state index in [1.807, 2.05) is 0 Å². The Morgan fingerprint density at radius 2 is 1.33 bits per heavy atom. The second-order valence-corrected chi connectivity index (χ2v) is 11.8. The molecule has 2 nitrogen and oxygen atoms in total. The minimum Gasteiger partial charge on any atom is -0.364 e. The van der Waals surface area contributed by atoms with Crippen molar-refractivity contribution in [2.45, 2.75) is 58.4 Å². The van der Waals surface area contributed by atoms with Crippen LogP contribution in [-0.4, -0.2) is 19.1 Å². The molecule has 0 spiro atoms. The molecule has 0 saturated carbocycles. The minimum absolute atomic E-state index is 0.105. The van der Waals surface area contributed by atoms with E-state index in [-0.39, 0.29) is 10.8 Å². The molecular weight excluding hydrogens is 472 g/mol. The van der Waals surface area contributed by atoms with E-state index < -0.39 is 6.02 Å². The van der Waals surface area contributed by atoms with Gasteiger partial charge in [0.25, 0.3) is 0 Å². The standard InChI is InChI=1S/C37H40N2/c1-7-38-30-24-22-26-16-12-14-18-28(26)34(30)36(3,4)32(38)20-10-9-11-21-33-37(5,6)35-29-19-15-13-17-27(29)23-25-31(35)39(33)8-2/h9-25,32H,7-8H2,1-6H3/b11-9+,20-10+,33-21+/i32D. The summed E-state index contributed by atoms with van der Waals surface area (Å²) < 4.78 is 9.78. The fourth-order valence-electron chi connectivity index (χ4n) is 7.11. The second kappa shape index (κ2) is 9.45. The third-order valence-electron chi connectivity index (χ3n) is 8.87. The van der Waals surface area contributed by atoms with E-state index >= 15 is 0 Å². The molecule has 198 valence electrons. The summed E-state index contributed by atoms with van der Waals surface area (Å²) in [5, 5.41) is 5.11. The van der Waals surface area contributed by atoms with E-state index in [4.69, 9.17) is 0 Å². The third-order valence-corrected chi connectivity index (χ3v) is 8.87. The zero-order valence-corrected chi connectivity index (χ0v) is 24.1. The Morgan fingerprint density at radius 3 is 1.97 bits per heavy atom. The Hall–Kier alpha value is -3.78. The molecule has 1 atom stereocenters. The average Bonchev–Trinajstić information content (AvgIpc) is 3.28. The van der Waals surface area contributed by atoms with Crippen LogP contribution in [0, 0.1) is 0 Å². The van der Waals surface area contributed by atoms with E-state index in [9.17, 15) is 1.37 Å². The number of hydrogen-bond donors (Lipinski definition) is 0. The number of likely N-dealkylation sites (N-methyl/N-ethyl adjacent to an activating group) is 2. The van der Waals surface area contributed by atoms with Crippen molar-refractivity contribution in [1.82, 2.24) is 0 Å². The predicted molar refractivity (Wildman–Crippen MR) is 170 cm³/mol. The zero-order chi connectivity index (χ0) is 28.3. The van der Waals surface area contributed by atoms with Gasteiger partial charge in [0.05, 0.1) is 7.39 Å². The van der Waals surface area contributed by atoms with Crippen molar-refractivity contribution >= 4 is 32.9 Å². The lowest BCUT2D eigenvalue weighted by Gasteiger charge is -2.31. The van der Waals surface area contributed by atoms with Crippen LogP contribution < -0.4 is 9.80 Å². The quantitative estimate of drug-likeness (QED) is 0.245. The first kappa shape index (κ1) is 24.3. The van der Waals surface area contributed by atoms with Crippen LogP contribution in [0.1, 0.15) is 54.0 Å². The normalized spacial score (nSPS) is 22.9. The SMILES string of the molecule is [2H]C1(/C=C/C=C/C=C2/N(CC)c3ccc4ccccc4c3C2(C)C)N(CC)c2ccc3ccccc3c2C1(C)C. The first-order valence-corrected chi connectivity index (χ1v) is 14.3. The van der Waals surface area contributed by atoms with Crippen LogP contribution in [0.4, 0.5) is 11.4 Å². The molecule has 4 aromatic carbocycles. The van der Waals surface area contributed by atoms with Crippen molar-refractivity contribution in [2.24, 2.45) is 0 Å². The van der Waals surface area contributed by atoms with Gasteiger partial charge in [-0.05, 0) is 64.7 Å². The lowest BCUT2D eigenvalue weighted by molar-refractivity contribution is 0.481. The minimum atomic E-state index is -0.886. The van der Waals surface area contributed by atoms with Crippen LogP contribution in [0.25, 0.3) is 21.5 Å². The van der Waals surface area contributed by atoms with Crippen LogP contribution >= 0.6 is 0 Å². The molecule has 1 unspecified atom stereocenters. The maximum absolute atomic E-state index is 9.78. The molecule has 2 heteroatoms. The van der Waals surface area contributed by atoms with Gasteiger partial charge in [-0.25, -0.2) is 0 Å². The average molecular weight is 514 g/mol. The molecule has 0 saturated heterocycles. The number of benzene rings is 4. The molecule has 2 heterocycles. The summed E-state index contributed by atoms with van der Waals surface area (Å²) in [6.07, 6.45) is 10.7. The van der Waals surface area contributed by atoms with Gasteiger partial charge in [-0.1, -0.05) is 113 Å². The van der Waals surface area contributed by atoms with Gasteiger partial charge in [-0.15, -0.1) is 0 Å².